The molecule has 4 heteroatoms. The Bertz CT molecular complexity index is 406. The molecule has 0 aromatic carbocycles. The minimum Gasteiger partial charge on any atom is -0.253 e. The van der Waals surface area contributed by atoms with E-state index in [1.165, 1.54) is 16.9 Å². The number of nitrogens with zero attached hydrogens (tertiary/aromatic N) is 3. The fourth-order valence-corrected chi connectivity index (χ4v) is 1.96. The molecular weight excluding hydrogens is 206 g/mol. The molecule has 15 heavy (non-hydrogen) atoms. The second-order valence-corrected chi connectivity index (χ2v) is 4.73. The first-order chi connectivity index (χ1) is 7.25. The van der Waals surface area contributed by atoms with Gasteiger partial charge in [0.05, 0.1) is 0 Å². The highest BCUT2D eigenvalue weighted by Gasteiger charge is 2.03. The lowest BCUT2D eigenvalue weighted by atomic mass is 10.0. The monoisotopic (exact) mass is 219 g/mol. The van der Waals surface area contributed by atoms with Crippen molar-refractivity contribution in [1.82, 2.24) is 15.2 Å². The standard InChI is InChI=1S/C11H13N3S/c1-8(2)5-9-3-4-10(12-6-9)11-14-13-7-15-11/h3-4,6-8H,5H2,1-2H3. The van der Waals surface area contributed by atoms with Crippen LogP contribution in [0.5, 0.6) is 0 Å². The van der Waals surface area contributed by atoms with Gasteiger partial charge < -0.3 is 0 Å². The Morgan fingerprint density at radius 3 is 2.73 bits per heavy atom. The summed E-state index contributed by atoms with van der Waals surface area (Å²) < 4.78 is 0. The summed E-state index contributed by atoms with van der Waals surface area (Å²) in [4.78, 5) is 4.38. The summed E-state index contributed by atoms with van der Waals surface area (Å²) in [6, 6.07) is 4.13. The van der Waals surface area contributed by atoms with Gasteiger partial charge in [0.2, 0.25) is 0 Å². The quantitative estimate of drug-likeness (QED) is 0.796. The maximum Gasteiger partial charge on any atom is 0.166 e. The summed E-state index contributed by atoms with van der Waals surface area (Å²) >= 11 is 1.51. The fraction of sp³-hybridized carbons (Fsp3) is 0.364. The van der Waals surface area contributed by atoms with Crippen LogP contribution >= 0.6 is 11.3 Å². The molecule has 78 valence electrons. The van der Waals surface area contributed by atoms with Crippen LogP contribution in [0.4, 0.5) is 0 Å². The second kappa shape index (κ2) is 4.49. The van der Waals surface area contributed by atoms with Crippen molar-refractivity contribution in [2.24, 2.45) is 5.92 Å². The topological polar surface area (TPSA) is 38.7 Å². The summed E-state index contributed by atoms with van der Waals surface area (Å²) in [7, 11) is 0. The van der Waals surface area contributed by atoms with Crippen molar-refractivity contribution in [2.75, 3.05) is 0 Å². The molecule has 2 rings (SSSR count). The molecule has 0 aliphatic rings. The van der Waals surface area contributed by atoms with E-state index in [2.05, 4.69) is 35.1 Å². The predicted molar refractivity (Wildman–Crippen MR) is 61.7 cm³/mol. The molecule has 2 heterocycles. The van der Waals surface area contributed by atoms with Gasteiger partial charge in [0.15, 0.2) is 5.01 Å². The smallest absolute Gasteiger partial charge is 0.166 e. The van der Waals surface area contributed by atoms with Gasteiger partial charge in [-0.2, -0.15) is 0 Å². The first-order valence-electron chi connectivity index (χ1n) is 4.97. The number of rotatable bonds is 3. The van der Waals surface area contributed by atoms with Crippen LogP contribution in [0.1, 0.15) is 19.4 Å². The summed E-state index contributed by atoms with van der Waals surface area (Å²) in [5.41, 5.74) is 3.90. The molecule has 0 fully saturated rings. The first kappa shape index (κ1) is 10.2. The molecule has 0 bridgehead atoms. The average molecular weight is 219 g/mol. The van der Waals surface area contributed by atoms with E-state index in [0.29, 0.717) is 5.92 Å². The molecule has 0 radical (unpaired) electrons. The van der Waals surface area contributed by atoms with Gasteiger partial charge in [0, 0.05) is 6.20 Å². The lowest BCUT2D eigenvalue weighted by Gasteiger charge is -2.04. The fourth-order valence-electron chi connectivity index (χ4n) is 1.43. The van der Waals surface area contributed by atoms with Crippen LogP contribution in [0.3, 0.4) is 0 Å². The van der Waals surface area contributed by atoms with Crippen molar-refractivity contribution in [3.63, 3.8) is 0 Å². The van der Waals surface area contributed by atoms with Crippen molar-refractivity contribution < 1.29 is 0 Å². The predicted octanol–water partition coefficient (Wildman–Crippen LogP) is 2.80. The van der Waals surface area contributed by atoms with Crippen LogP contribution in [0.15, 0.2) is 23.8 Å². The molecule has 0 saturated carbocycles. The molecule has 0 atom stereocenters. The van der Waals surface area contributed by atoms with E-state index in [-0.39, 0.29) is 0 Å². The second-order valence-electron chi connectivity index (χ2n) is 3.89. The van der Waals surface area contributed by atoms with Crippen molar-refractivity contribution in [2.45, 2.75) is 20.3 Å². The van der Waals surface area contributed by atoms with Crippen LogP contribution < -0.4 is 0 Å². The van der Waals surface area contributed by atoms with Crippen LogP contribution in [-0.2, 0) is 6.42 Å². The highest BCUT2D eigenvalue weighted by molar-refractivity contribution is 7.12. The third kappa shape index (κ3) is 2.59. The molecule has 0 saturated heterocycles. The van der Waals surface area contributed by atoms with E-state index in [1.54, 1.807) is 5.51 Å². The Hall–Kier alpha value is -1.29. The Morgan fingerprint density at radius 2 is 2.20 bits per heavy atom. The minimum atomic E-state index is 0.666. The minimum absolute atomic E-state index is 0.666. The molecular formula is C11H13N3S. The Morgan fingerprint density at radius 1 is 1.33 bits per heavy atom. The number of hydrogen-bond acceptors (Lipinski definition) is 4. The van der Waals surface area contributed by atoms with Crippen LogP contribution in [0.2, 0.25) is 0 Å². The third-order valence-corrected chi connectivity index (χ3v) is 2.76. The SMILES string of the molecule is CC(C)Cc1ccc(-c2nncs2)nc1. The van der Waals surface area contributed by atoms with Crippen LogP contribution in [0, 0.1) is 5.92 Å². The average Bonchev–Trinajstić information content (AvgIpc) is 2.71. The molecule has 2 aromatic rings. The van der Waals surface area contributed by atoms with E-state index < -0.39 is 0 Å². The maximum atomic E-state index is 4.38. The first-order valence-corrected chi connectivity index (χ1v) is 5.85. The molecule has 0 aliphatic heterocycles. The molecule has 0 spiro atoms. The highest BCUT2D eigenvalue weighted by Crippen LogP contribution is 2.18. The number of aromatic nitrogens is 3. The zero-order valence-electron chi connectivity index (χ0n) is 8.84. The maximum absolute atomic E-state index is 4.38. The van der Waals surface area contributed by atoms with Gasteiger partial charge in [-0.3, -0.25) is 4.98 Å². The van der Waals surface area contributed by atoms with E-state index >= 15 is 0 Å². The third-order valence-electron chi connectivity index (χ3n) is 2.05. The lowest BCUT2D eigenvalue weighted by molar-refractivity contribution is 0.646. The summed E-state index contributed by atoms with van der Waals surface area (Å²) in [5, 5.41) is 8.66. The Kier molecular flexibility index (Phi) is 3.06. The number of pyridine rings is 1. The van der Waals surface area contributed by atoms with Gasteiger partial charge in [-0.05, 0) is 24.0 Å². The summed E-state index contributed by atoms with van der Waals surface area (Å²) in [6.07, 6.45) is 3.00. The van der Waals surface area contributed by atoms with Crippen molar-refractivity contribution in [3.05, 3.63) is 29.4 Å². The van der Waals surface area contributed by atoms with Gasteiger partial charge in [-0.15, -0.1) is 10.2 Å². The normalized spacial score (nSPS) is 10.9. The van der Waals surface area contributed by atoms with E-state index in [9.17, 15) is 0 Å². The zero-order valence-corrected chi connectivity index (χ0v) is 9.66. The number of hydrogen-bond donors (Lipinski definition) is 0. The van der Waals surface area contributed by atoms with Gasteiger partial charge in [-0.25, -0.2) is 0 Å². The van der Waals surface area contributed by atoms with Gasteiger partial charge in [-0.1, -0.05) is 31.3 Å². The summed E-state index contributed by atoms with van der Waals surface area (Å²) in [6.45, 7) is 4.41. The highest BCUT2D eigenvalue weighted by atomic mass is 32.1. The van der Waals surface area contributed by atoms with E-state index in [4.69, 9.17) is 0 Å². The molecule has 0 amide bonds. The van der Waals surface area contributed by atoms with Crippen LogP contribution in [-0.4, -0.2) is 15.2 Å². The largest absolute Gasteiger partial charge is 0.253 e. The van der Waals surface area contributed by atoms with Crippen molar-refractivity contribution >= 4 is 11.3 Å². The van der Waals surface area contributed by atoms with Gasteiger partial charge >= 0.3 is 0 Å². The van der Waals surface area contributed by atoms with Gasteiger partial charge in [0.25, 0.3) is 0 Å². The lowest BCUT2D eigenvalue weighted by Crippen LogP contribution is -1.95. The van der Waals surface area contributed by atoms with Crippen molar-refractivity contribution in [3.8, 4) is 10.7 Å². The molecule has 0 unspecified atom stereocenters. The van der Waals surface area contributed by atoms with Crippen LogP contribution in [0.25, 0.3) is 10.7 Å². The Labute approximate surface area is 93.2 Å². The molecule has 3 nitrogen and oxygen atoms in total. The Balaban J connectivity index is 2.17. The summed E-state index contributed by atoms with van der Waals surface area (Å²) in [5.74, 6) is 0.666. The van der Waals surface area contributed by atoms with Crippen molar-refractivity contribution in [1.29, 1.82) is 0 Å². The molecule has 0 aliphatic carbocycles. The van der Waals surface area contributed by atoms with E-state index in [0.717, 1.165) is 17.1 Å². The molecule has 0 N–H and O–H groups in total. The molecule has 2 aromatic heterocycles. The van der Waals surface area contributed by atoms with Gasteiger partial charge in [0.1, 0.15) is 11.2 Å². The zero-order chi connectivity index (χ0) is 10.7. The van der Waals surface area contributed by atoms with E-state index in [1.807, 2.05) is 12.3 Å².